The van der Waals surface area contributed by atoms with Gasteiger partial charge >= 0.3 is 0 Å². The van der Waals surface area contributed by atoms with E-state index in [0.717, 1.165) is 44.0 Å². The Balaban J connectivity index is 1.76. The maximum atomic E-state index is 4.53. The molecule has 0 amide bonds. The van der Waals surface area contributed by atoms with Crippen molar-refractivity contribution >= 4 is 16.9 Å². The second-order valence-electron chi connectivity index (χ2n) is 7.45. The van der Waals surface area contributed by atoms with Gasteiger partial charge in [0.15, 0.2) is 5.96 Å². The van der Waals surface area contributed by atoms with Gasteiger partial charge in [-0.1, -0.05) is 24.3 Å². The molecule has 0 atom stereocenters. The molecule has 5 heteroatoms. The van der Waals surface area contributed by atoms with Crippen LogP contribution in [-0.4, -0.2) is 54.6 Å². The van der Waals surface area contributed by atoms with Gasteiger partial charge in [-0.3, -0.25) is 14.9 Å². The van der Waals surface area contributed by atoms with Gasteiger partial charge < -0.3 is 10.6 Å². The maximum absolute atomic E-state index is 4.53. The van der Waals surface area contributed by atoms with Crippen molar-refractivity contribution in [3.63, 3.8) is 0 Å². The SMILES string of the molecule is CN=C(NCCCN(C(C)C)C(C)C)NCCc1cccc2cccnc12. The van der Waals surface area contributed by atoms with E-state index in [1.54, 1.807) is 0 Å². The van der Waals surface area contributed by atoms with Gasteiger partial charge in [0.25, 0.3) is 0 Å². The van der Waals surface area contributed by atoms with Crippen molar-refractivity contribution in [3.05, 3.63) is 42.1 Å². The lowest BCUT2D eigenvalue weighted by Crippen LogP contribution is -2.41. The Labute approximate surface area is 164 Å². The van der Waals surface area contributed by atoms with Crippen molar-refractivity contribution in [1.82, 2.24) is 20.5 Å². The molecule has 0 unspecified atom stereocenters. The molecule has 2 N–H and O–H groups in total. The third-order valence-corrected chi connectivity index (χ3v) is 4.84. The number of para-hydroxylation sites is 1. The molecule has 0 saturated heterocycles. The summed E-state index contributed by atoms with van der Waals surface area (Å²) in [7, 11) is 1.82. The fraction of sp³-hybridized carbons (Fsp3) is 0.545. The first kappa shape index (κ1) is 21.2. The van der Waals surface area contributed by atoms with Gasteiger partial charge in [-0.2, -0.15) is 0 Å². The van der Waals surface area contributed by atoms with Gasteiger partial charge in [0, 0.05) is 50.3 Å². The summed E-state index contributed by atoms with van der Waals surface area (Å²) in [4.78, 5) is 11.4. The number of aliphatic imine (C=N–C) groups is 1. The highest BCUT2D eigenvalue weighted by atomic mass is 15.2. The van der Waals surface area contributed by atoms with E-state index in [2.05, 4.69) is 77.5 Å². The summed E-state index contributed by atoms with van der Waals surface area (Å²) in [6.45, 7) is 11.9. The average molecular weight is 370 g/mol. The van der Waals surface area contributed by atoms with E-state index in [-0.39, 0.29) is 0 Å². The Morgan fingerprint density at radius 3 is 2.44 bits per heavy atom. The number of fused-ring (bicyclic) bond motifs is 1. The van der Waals surface area contributed by atoms with Crippen LogP contribution in [0.3, 0.4) is 0 Å². The number of hydrogen-bond acceptors (Lipinski definition) is 3. The van der Waals surface area contributed by atoms with Crippen LogP contribution in [0.25, 0.3) is 10.9 Å². The van der Waals surface area contributed by atoms with Gasteiger partial charge in [-0.25, -0.2) is 0 Å². The van der Waals surface area contributed by atoms with Crippen LogP contribution in [0.4, 0.5) is 0 Å². The predicted octanol–water partition coefficient (Wildman–Crippen LogP) is 3.45. The summed E-state index contributed by atoms with van der Waals surface area (Å²) in [5.74, 6) is 0.865. The van der Waals surface area contributed by atoms with E-state index in [1.807, 2.05) is 19.3 Å². The van der Waals surface area contributed by atoms with Crippen molar-refractivity contribution < 1.29 is 0 Å². The first-order chi connectivity index (χ1) is 13.0. The van der Waals surface area contributed by atoms with E-state index in [0.29, 0.717) is 12.1 Å². The Morgan fingerprint density at radius 2 is 1.74 bits per heavy atom. The zero-order valence-electron chi connectivity index (χ0n) is 17.5. The van der Waals surface area contributed by atoms with Crippen molar-refractivity contribution in [2.45, 2.75) is 52.6 Å². The van der Waals surface area contributed by atoms with Gasteiger partial charge in [0.05, 0.1) is 5.52 Å². The monoisotopic (exact) mass is 369 g/mol. The lowest BCUT2D eigenvalue weighted by Gasteiger charge is -2.30. The highest BCUT2D eigenvalue weighted by Crippen LogP contribution is 2.15. The number of rotatable bonds is 9. The molecule has 0 aliphatic heterocycles. The normalized spacial score (nSPS) is 12.4. The molecule has 0 fully saturated rings. The van der Waals surface area contributed by atoms with E-state index < -0.39 is 0 Å². The van der Waals surface area contributed by atoms with E-state index in [1.165, 1.54) is 10.9 Å². The minimum Gasteiger partial charge on any atom is -0.356 e. The first-order valence-corrected chi connectivity index (χ1v) is 10.1. The van der Waals surface area contributed by atoms with E-state index in [4.69, 9.17) is 0 Å². The lowest BCUT2D eigenvalue weighted by molar-refractivity contribution is 0.173. The van der Waals surface area contributed by atoms with Crippen molar-refractivity contribution in [2.24, 2.45) is 4.99 Å². The first-order valence-electron chi connectivity index (χ1n) is 10.1. The van der Waals surface area contributed by atoms with Crippen LogP contribution in [0, 0.1) is 0 Å². The summed E-state index contributed by atoms with van der Waals surface area (Å²) in [5.41, 5.74) is 2.35. The van der Waals surface area contributed by atoms with Gasteiger partial charge in [-0.05, 0) is 52.2 Å². The molecule has 0 aliphatic carbocycles. The third-order valence-electron chi connectivity index (χ3n) is 4.84. The molecule has 2 aromatic rings. The molecule has 1 aromatic carbocycles. The van der Waals surface area contributed by atoms with E-state index in [9.17, 15) is 0 Å². The summed E-state index contributed by atoms with van der Waals surface area (Å²) in [6.07, 6.45) is 3.88. The maximum Gasteiger partial charge on any atom is 0.190 e. The number of hydrogen-bond donors (Lipinski definition) is 2. The van der Waals surface area contributed by atoms with Crippen LogP contribution in [0.1, 0.15) is 39.7 Å². The third kappa shape index (κ3) is 6.51. The second-order valence-corrected chi connectivity index (χ2v) is 7.45. The minimum absolute atomic E-state index is 0.580. The molecule has 1 heterocycles. The zero-order chi connectivity index (χ0) is 19.6. The lowest BCUT2D eigenvalue weighted by atomic mass is 10.1. The molecule has 0 bridgehead atoms. The molecule has 1 aromatic heterocycles. The van der Waals surface area contributed by atoms with Gasteiger partial charge in [-0.15, -0.1) is 0 Å². The molecule has 0 saturated carbocycles. The number of benzene rings is 1. The topological polar surface area (TPSA) is 52.6 Å². The molecule has 27 heavy (non-hydrogen) atoms. The molecule has 0 aliphatic rings. The van der Waals surface area contributed by atoms with Crippen molar-refractivity contribution in [1.29, 1.82) is 0 Å². The minimum atomic E-state index is 0.580. The quantitative estimate of drug-likeness (QED) is 0.404. The highest BCUT2D eigenvalue weighted by Gasteiger charge is 2.12. The Morgan fingerprint density at radius 1 is 1.04 bits per heavy atom. The standard InChI is InChI=1S/C22H35N5/c1-17(2)27(18(3)4)16-8-14-25-22(23-5)26-15-12-20-10-6-9-19-11-7-13-24-21(19)20/h6-7,9-11,13,17-18H,8,12,14-16H2,1-5H3,(H2,23,25,26). The molecular formula is C22H35N5. The largest absolute Gasteiger partial charge is 0.356 e. The van der Waals surface area contributed by atoms with Crippen molar-refractivity contribution in [2.75, 3.05) is 26.7 Å². The zero-order valence-corrected chi connectivity index (χ0v) is 17.5. The Bertz CT molecular complexity index is 710. The van der Waals surface area contributed by atoms with Crippen LogP contribution in [-0.2, 0) is 6.42 Å². The number of aromatic nitrogens is 1. The van der Waals surface area contributed by atoms with Crippen LogP contribution < -0.4 is 10.6 Å². The number of guanidine groups is 1. The number of pyridine rings is 1. The molecule has 2 rings (SSSR count). The molecular weight excluding hydrogens is 334 g/mol. The molecule has 0 spiro atoms. The molecule has 0 radical (unpaired) electrons. The van der Waals surface area contributed by atoms with Crippen LogP contribution >= 0.6 is 0 Å². The van der Waals surface area contributed by atoms with Crippen LogP contribution in [0.2, 0.25) is 0 Å². The Kier molecular flexibility index (Phi) is 8.52. The predicted molar refractivity (Wildman–Crippen MR) is 116 cm³/mol. The van der Waals surface area contributed by atoms with Crippen LogP contribution in [0.15, 0.2) is 41.5 Å². The smallest absolute Gasteiger partial charge is 0.190 e. The summed E-state index contributed by atoms with van der Waals surface area (Å²) in [5, 5.41) is 8.03. The van der Waals surface area contributed by atoms with E-state index >= 15 is 0 Å². The Hall–Kier alpha value is -2.14. The van der Waals surface area contributed by atoms with Crippen LogP contribution in [0.5, 0.6) is 0 Å². The summed E-state index contributed by atoms with van der Waals surface area (Å²) in [6, 6.07) is 11.6. The average Bonchev–Trinajstić information content (AvgIpc) is 2.65. The second kappa shape index (κ2) is 10.9. The van der Waals surface area contributed by atoms with Gasteiger partial charge in [0.1, 0.15) is 0 Å². The number of nitrogens with zero attached hydrogens (tertiary/aromatic N) is 3. The van der Waals surface area contributed by atoms with Crippen molar-refractivity contribution in [3.8, 4) is 0 Å². The molecule has 148 valence electrons. The van der Waals surface area contributed by atoms with Gasteiger partial charge in [0.2, 0.25) is 0 Å². The fourth-order valence-corrected chi connectivity index (χ4v) is 3.49. The highest BCUT2D eigenvalue weighted by molar-refractivity contribution is 5.82. The number of nitrogens with one attached hydrogen (secondary N) is 2. The summed E-state index contributed by atoms with van der Waals surface area (Å²) < 4.78 is 0. The fourth-order valence-electron chi connectivity index (χ4n) is 3.49. The summed E-state index contributed by atoms with van der Waals surface area (Å²) >= 11 is 0. The molecule has 5 nitrogen and oxygen atoms in total.